The minimum atomic E-state index is -1.09. The van der Waals surface area contributed by atoms with E-state index in [1.165, 1.54) is 4.90 Å². The molecular weight excluding hydrogens is 288 g/mol. The molecule has 3 fully saturated rings. The molecule has 1 aliphatic carbocycles. The third kappa shape index (κ3) is 2.42. The van der Waals surface area contributed by atoms with Crippen LogP contribution in [-0.4, -0.2) is 51.7 Å². The van der Waals surface area contributed by atoms with Crippen molar-refractivity contribution in [3.63, 3.8) is 0 Å². The molecule has 2 saturated heterocycles. The van der Waals surface area contributed by atoms with Crippen LogP contribution in [0, 0.1) is 5.41 Å². The zero-order chi connectivity index (χ0) is 16.3. The highest BCUT2D eigenvalue weighted by Gasteiger charge is 2.64. The molecule has 1 saturated carbocycles. The van der Waals surface area contributed by atoms with Gasteiger partial charge in [0.15, 0.2) is 0 Å². The van der Waals surface area contributed by atoms with Gasteiger partial charge in [-0.2, -0.15) is 0 Å². The summed E-state index contributed by atoms with van der Waals surface area (Å²) in [6.45, 7) is 5.31. The van der Waals surface area contributed by atoms with Crippen LogP contribution < -0.4 is 5.32 Å². The van der Waals surface area contributed by atoms with Crippen LogP contribution in [0.2, 0.25) is 0 Å². The van der Waals surface area contributed by atoms with Gasteiger partial charge in [-0.25, -0.2) is 9.59 Å². The quantitative estimate of drug-likeness (QED) is 0.756. The van der Waals surface area contributed by atoms with Gasteiger partial charge in [0, 0.05) is 12.1 Å². The Balaban J connectivity index is 1.83. The molecule has 2 atom stereocenters. The summed E-state index contributed by atoms with van der Waals surface area (Å²) in [5.41, 5.74) is -1.63. The van der Waals surface area contributed by atoms with Crippen LogP contribution >= 0.6 is 0 Å². The third-order valence-electron chi connectivity index (χ3n) is 4.74. The van der Waals surface area contributed by atoms with Crippen molar-refractivity contribution in [2.24, 2.45) is 5.41 Å². The summed E-state index contributed by atoms with van der Waals surface area (Å²) in [6.07, 6.45) is 1.98. The van der Waals surface area contributed by atoms with E-state index in [4.69, 9.17) is 4.74 Å². The lowest BCUT2D eigenvalue weighted by Crippen LogP contribution is -2.44. The highest BCUT2D eigenvalue weighted by Crippen LogP contribution is 2.54. The number of hydrogen-bond donors (Lipinski definition) is 2. The number of aliphatic carboxylic acids is 1. The van der Waals surface area contributed by atoms with Crippen molar-refractivity contribution in [1.82, 2.24) is 10.2 Å². The summed E-state index contributed by atoms with van der Waals surface area (Å²) in [6, 6.07) is -1.01. The second kappa shape index (κ2) is 4.36. The van der Waals surface area contributed by atoms with E-state index >= 15 is 0 Å². The molecule has 0 aromatic rings. The van der Waals surface area contributed by atoms with Crippen molar-refractivity contribution in [1.29, 1.82) is 0 Å². The maximum Gasteiger partial charge on any atom is 0.411 e. The lowest BCUT2D eigenvalue weighted by Gasteiger charge is -2.27. The van der Waals surface area contributed by atoms with E-state index in [9.17, 15) is 19.5 Å². The molecule has 0 bridgehead atoms. The number of carbonyl (C=O) groups is 3. The zero-order valence-corrected chi connectivity index (χ0v) is 13.1. The number of ether oxygens (including phenoxy) is 1. The predicted molar refractivity (Wildman–Crippen MR) is 76.1 cm³/mol. The number of nitrogens with one attached hydrogen (secondary N) is 1. The molecule has 0 unspecified atom stereocenters. The zero-order valence-electron chi connectivity index (χ0n) is 13.1. The van der Waals surface area contributed by atoms with Gasteiger partial charge in [0.25, 0.3) is 0 Å². The monoisotopic (exact) mass is 310 g/mol. The van der Waals surface area contributed by atoms with Crippen LogP contribution in [0.4, 0.5) is 4.79 Å². The summed E-state index contributed by atoms with van der Waals surface area (Å²) in [5.74, 6) is -1.21. The van der Waals surface area contributed by atoms with E-state index in [1.54, 1.807) is 20.8 Å². The number of carboxylic acid groups (broad SMARTS) is 1. The van der Waals surface area contributed by atoms with Gasteiger partial charge < -0.3 is 15.2 Å². The molecule has 22 heavy (non-hydrogen) atoms. The number of likely N-dealkylation sites (tertiary alicyclic amines) is 1. The van der Waals surface area contributed by atoms with Crippen LogP contribution in [-0.2, 0) is 14.3 Å². The number of hydrogen-bond acceptors (Lipinski definition) is 4. The fourth-order valence-corrected chi connectivity index (χ4v) is 3.60. The Morgan fingerprint density at radius 3 is 2.45 bits per heavy atom. The lowest BCUT2D eigenvalue weighted by molar-refractivity contribution is -0.142. The average Bonchev–Trinajstić information content (AvgIpc) is 2.88. The summed E-state index contributed by atoms with van der Waals surface area (Å²) in [7, 11) is 0. The third-order valence-corrected chi connectivity index (χ3v) is 4.74. The van der Waals surface area contributed by atoms with Crippen molar-refractivity contribution in [2.75, 3.05) is 6.54 Å². The highest BCUT2D eigenvalue weighted by atomic mass is 16.6. The summed E-state index contributed by atoms with van der Waals surface area (Å²) >= 11 is 0. The van der Waals surface area contributed by atoms with Crippen LogP contribution in [0.25, 0.3) is 0 Å². The van der Waals surface area contributed by atoms with Gasteiger partial charge in [-0.15, -0.1) is 0 Å². The molecule has 2 heterocycles. The smallest absolute Gasteiger partial charge is 0.411 e. The van der Waals surface area contributed by atoms with Gasteiger partial charge in [0.1, 0.15) is 11.6 Å². The topological polar surface area (TPSA) is 95.9 Å². The first-order valence-electron chi connectivity index (χ1n) is 7.61. The predicted octanol–water partition coefficient (Wildman–Crippen LogP) is 1.12. The van der Waals surface area contributed by atoms with Gasteiger partial charge in [0.05, 0.1) is 5.41 Å². The standard InChI is InChI=1S/C15H22N2O5/c1-13(2,3)22-12(21)17-8-14(6-9(17)10(18)19)7-15(4-5-15)16-11(14)20/h9H,4-8H2,1-3H3,(H,16,20)(H,18,19)/t9-,14+/m0/s1. The molecule has 7 heteroatoms. The van der Waals surface area contributed by atoms with Crippen LogP contribution in [0.1, 0.15) is 46.5 Å². The van der Waals surface area contributed by atoms with Crippen LogP contribution in [0.5, 0.6) is 0 Å². The normalized spacial score (nSPS) is 32.4. The van der Waals surface area contributed by atoms with Crippen LogP contribution in [0.3, 0.4) is 0 Å². The maximum absolute atomic E-state index is 12.4. The molecule has 2 N–H and O–H groups in total. The van der Waals surface area contributed by atoms with Crippen molar-refractivity contribution in [3.8, 4) is 0 Å². The molecule has 7 nitrogen and oxygen atoms in total. The first kappa shape index (κ1) is 15.1. The Morgan fingerprint density at radius 1 is 1.36 bits per heavy atom. The molecule has 0 radical (unpaired) electrons. The number of nitrogens with zero attached hydrogens (tertiary/aromatic N) is 1. The Hall–Kier alpha value is -1.79. The Bertz CT molecular complexity index is 549. The van der Waals surface area contributed by atoms with Gasteiger partial charge in [0.2, 0.25) is 5.91 Å². The molecule has 2 amide bonds. The van der Waals surface area contributed by atoms with E-state index in [1.807, 2.05) is 0 Å². The van der Waals surface area contributed by atoms with Gasteiger partial charge in [-0.3, -0.25) is 9.69 Å². The van der Waals surface area contributed by atoms with E-state index < -0.39 is 29.1 Å². The number of carboxylic acids is 1. The van der Waals surface area contributed by atoms with Crippen molar-refractivity contribution < 1.29 is 24.2 Å². The summed E-state index contributed by atoms with van der Waals surface area (Å²) in [5, 5.41) is 12.4. The molecule has 0 aromatic carbocycles. The van der Waals surface area contributed by atoms with E-state index in [0.29, 0.717) is 6.42 Å². The van der Waals surface area contributed by atoms with Crippen molar-refractivity contribution in [2.45, 2.75) is 63.6 Å². The molecule has 0 aromatic heterocycles. The first-order valence-corrected chi connectivity index (χ1v) is 7.61. The fourth-order valence-electron chi connectivity index (χ4n) is 3.60. The first-order chi connectivity index (χ1) is 10.1. The van der Waals surface area contributed by atoms with Gasteiger partial charge >= 0.3 is 12.1 Å². The Morgan fingerprint density at radius 2 is 2.00 bits per heavy atom. The average molecular weight is 310 g/mol. The van der Waals surface area contributed by atoms with Gasteiger partial charge in [-0.05, 0) is 46.5 Å². The van der Waals surface area contributed by atoms with E-state index in [2.05, 4.69) is 5.32 Å². The molecule has 3 aliphatic rings. The van der Waals surface area contributed by atoms with Crippen LogP contribution in [0.15, 0.2) is 0 Å². The number of rotatable bonds is 1. The lowest BCUT2D eigenvalue weighted by atomic mass is 9.82. The van der Waals surface area contributed by atoms with Crippen molar-refractivity contribution in [3.05, 3.63) is 0 Å². The van der Waals surface area contributed by atoms with E-state index in [-0.39, 0.29) is 24.4 Å². The SMILES string of the molecule is CC(C)(C)OC(=O)N1C[C@@]2(C[C@H]1C(=O)O)CC1(CC1)NC2=O. The largest absolute Gasteiger partial charge is 0.480 e. The second-order valence-electron chi connectivity index (χ2n) is 7.86. The molecular formula is C15H22N2O5. The van der Waals surface area contributed by atoms with Gasteiger partial charge in [-0.1, -0.05) is 0 Å². The minimum absolute atomic E-state index is 0.118. The molecule has 3 rings (SSSR count). The number of carbonyl (C=O) groups excluding carboxylic acids is 2. The van der Waals surface area contributed by atoms with E-state index in [0.717, 1.165) is 12.8 Å². The molecule has 2 spiro atoms. The summed E-state index contributed by atoms with van der Waals surface area (Å²) in [4.78, 5) is 37.4. The fraction of sp³-hybridized carbons (Fsp3) is 0.800. The van der Waals surface area contributed by atoms with Crippen molar-refractivity contribution >= 4 is 18.0 Å². The Labute approximate surface area is 129 Å². The summed E-state index contributed by atoms with van der Waals surface area (Å²) < 4.78 is 5.30. The second-order valence-corrected chi connectivity index (χ2v) is 7.86. The number of amides is 2. The maximum atomic E-state index is 12.4. The molecule has 2 aliphatic heterocycles. The minimum Gasteiger partial charge on any atom is -0.480 e. The Kier molecular flexibility index (Phi) is 3.00. The molecule has 122 valence electrons. The highest BCUT2D eigenvalue weighted by molar-refractivity contribution is 5.91.